The number of aromatic nitrogens is 1. The smallest absolute Gasteiger partial charge is 0.322 e. The van der Waals surface area contributed by atoms with Gasteiger partial charge < -0.3 is 15.2 Å². The van der Waals surface area contributed by atoms with E-state index < -0.39 is 5.82 Å². The van der Waals surface area contributed by atoms with Gasteiger partial charge in [-0.15, -0.1) is 0 Å². The van der Waals surface area contributed by atoms with Gasteiger partial charge in [0.25, 0.3) is 0 Å². The Hall–Kier alpha value is -3.02. The van der Waals surface area contributed by atoms with Crippen molar-refractivity contribution in [2.75, 3.05) is 11.9 Å². The molecule has 1 aromatic heterocycles. The van der Waals surface area contributed by atoms with E-state index in [4.69, 9.17) is 23.2 Å². The minimum Gasteiger partial charge on any atom is -0.356 e. The van der Waals surface area contributed by atoms with Crippen LogP contribution in [-0.4, -0.2) is 22.5 Å². The quantitative estimate of drug-likeness (QED) is 0.324. The molecule has 1 aliphatic rings. The van der Waals surface area contributed by atoms with E-state index in [1.165, 1.54) is 23.8 Å². The van der Waals surface area contributed by atoms with Crippen LogP contribution in [0.5, 0.6) is 0 Å². The normalized spacial score (nSPS) is 15.6. The molecule has 0 spiro atoms. The van der Waals surface area contributed by atoms with Crippen molar-refractivity contribution < 1.29 is 9.18 Å². The number of halogens is 3. The molecule has 2 heterocycles. The van der Waals surface area contributed by atoms with Crippen LogP contribution in [0.3, 0.4) is 0 Å². The van der Waals surface area contributed by atoms with Crippen molar-refractivity contribution in [3.8, 4) is 0 Å². The molecule has 5 rings (SSSR count). The van der Waals surface area contributed by atoms with Gasteiger partial charge in [0.05, 0.1) is 11.1 Å². The molecule has 2 amide bonds. The summed E-state index contributed by atoms with van der Waals surface area (Å²) in [6, 6.07) is 17.5. The number of anilines is 1. The molecule has 1 atom stereocenters. The zero-order chi connectivity index (χ0) is 22.4. The van der Waals surface area contributed by atoms with E-state index in [9.17, 15) is 9.18 Å². The summed E-state index contributed by atoms with van der Waals surface area (Å²) >= 11 is 12.1. The Bertz CT molecular complexity index is 1330. The first-order valence-corrected chi connectivity index (χ1v) is 11.1. The van der Waals surface area contributed by atoms with Crippen molar-refractivity contribution in [1.82, 2.24) is 9.88 Å². The molecular weight excluding hydrogens is 448 g/mol. The number of nitrogens with zero attached hydrogens (tertiary/aromatic N) is 1. The molecule has 0 radical (unpaired) electrons. The van der Waals surface area contributed by atoms with Crippen molar-refractivity contribution >= 4 is 45.8 Å². The number of fused-ring (bicyclic) bond motifs is 3. The molecule has 32 heavy (non-hydrogen) atoms. The fraction of sp³-hybridized carbons (Fsp3) is 0.160. The first kappa shape index (κ1) is 20.9. The number of amides is 2. The lowest BCUT2D eigenvalue weighted by molar-refractivity contribution is 0.193. The van der Waals surface area contributed by atoms with E-state index in [1.54, 1.807) is 4.90 Å². The van der Waals surface area contributed by atoms with Crippen LogP contribution in [0.25, 0.3) is 10.9 Å². The molecule has 0 bridgehead atoms. The fourth-order valence-electron chi connectivity index (χ4n) is 4.34. The second kappa shape index (κ2) is 8.15. The zero-order valence-electron chi connectivity index (χ0n) is 17.3. The number of urea groups is 1. The number of aromatic amines is 1. The third-order valence-corrected chi connectivity index (χ3v) is 6.44. The largest absolute Gasteiger partial charge is 0.356 e. The van der Waals surface area contributed by atoms with Gasteiger partial charge in [0.2, 0.25) is 0 Å². The van der Waals surface area contributed by atoms with Gasteiger partial charge >= 0.3 is 6.03 Å². The van der Waals surface area contributed by atoms with Gasteiger partial charge in [-0.2, -0.15) is 0 Å². The maximum atomic E-state index is 13.5. The summed E-state index contributed by atoms with van der Waals surface area (Å²) in [7, 11) is 0. The van der Waals surface area contributed by atoms with Gasteiger partial charge in [0, 0.05) is 33.9 Å². The molecule has 0 saturated carbocycles. The van der Waals surface area contributed by atoms with E-state index in [0.29, 0.717) is 23.7 Å². The van der Waals surface area contributed by atoms with Crippen molar-refractivity contribution in [2.24, 2.45) is 0 Å². The molecule has 0 fully saturated rings. The molecule has 1 aliphatic heterocycles. The Kier molecular flexibility index (Phi) is 5.31. The fourth-order valence-corrected chi connectivity index (χ4v) is 4.70. The number of carbonyl (C=O) groups excluding carboxylic acids is 1. The van der Waals surface area contributed by atoms with Gasteiger partial charge in [0.1, 0.15) is 5.82 Å². The Morgan fingerprint density at radius 1 is 1.09 bits per heavy atom. The van der Waals surface area contributed by atoms with Gasteiger partial charge in [-0.25, -0.2) is 9.18 Å². The SMILES string of the molecule is Cc1ccc([C@H]2c3[nH]c4ccc(Cl)cc4c3CCN2C(=O)Nc2ccc(F)c(Cl)c2)cc1. The van der Waals surface area contributed by atoms with Crippen LogP contribution in [0, 0.1) is 12.7 Å². The van der Waals surface area contributed by atoms with Crippen LogP contribution in [-0.2, 0) is 6.42 Å². The Morgan fingerprint density at radius 3 is 2.62 bits per heavy atom. The highest BCUT2D eigenvalue weighted by Crippen LogP contribution is 2.39. The molecule has 2 N–H and O–H groups in total. The van der Waals surface area contributed by atoms with Crippen LogP contribution in [0.2, 0.25) is 10.0 Å². The van der Waals surface area contributed by atoms with Gasteiger partial charge in [-0.3, -0.25) is 0 Å². The summed E-state index contributed by atoms with van der Waals surface area (Å²) in [5.74, 6) is -0.526. The van der Waals surface area contributed by atoms with Crippen molar-refractivity contribution in [3.05, 3.63) is 98.9 Å². The van der Waals surface area contributed by atoms with Crippen LogP contribution < -0.4 is 5.32 Å². The number of aryl methyl sites for hydroxylation is 1. The average Bonchev–Trinajstić information content (AvgIpc) is 3.14. The maximum absolute atomic E-state index is 13.5. The number of hydrogen-bond donors (Lipinski definition) is 2. The van der Waals surface area contributed by atoms with Gasteiger partial charge in [0.15, 0.2) is 0 Å². The Morgan fingerprint density at radius 2 is 1.88 bits per heavy atom. The number of hydrogen-bond acceptors (Lipinski definition) is 1. The average molecular weight is 468 g/mol. The van der Waals surface area contributed by atoms with Crippen LogP contribution in [0.1, 0.15) is 28.4 Å². The van der Waals surface area contributed by atoms with Crippen LogP contribution in [0.15, 0.2) is 60.7 Å². The molecule has 4 nitrogen and oxygen atoms in total. The number of carbonyl (C=O) groups is 1. The minimum atomic E-state index is -0.526. The van der Waals surface area contributed by atoms with E-state index in [1.807, 2.05) is 49.4 Å². The minimum absolute atomic E-state index is 0.0358. The molecule has 4 aromatic rings. The lowest BCUT2D eigenvalue weighted by Gasteiger charge is -2.36. The highest BCUT2D eigenvalue weighted by molar-refractivity contribution is 6.31. The Balaban J connectivity index is 1.57. The summed E-state index contributed by atoms with van der Waals surface area (Å²) in [5.41, 5.74) is 5.72. The molecule has 162 valence electrons. The molecule has 0 saturated heterocycles. The third kappa shape index (κ3) is 3.72. The Labute approximate surface area is 194 Å². The van der Waals surface area contributed by atoms with Crippen molar-refractivity contribution in [3.63, 3.8) is 0 Å². The van der Waals surface area contributed by atoms with Crippen LogP contribution >= 0.6 is 23.2 Å². The molecular formula is C25H20Cl2FN3O. The van der Waals surface area contributed by atoms with Gasteiger partial charge in [-0.05, 0) is 60.9 Å². The summed E-state index contributed by atoms with van der Waals surface area (Å²) < 4.78 is 13.5. The van der Waals surface area contributed by atoms with E-state index in [0.717, 1.165) is 27.7 Å². The lowest BCUT2D eigenvalue weighted by Crippen LogP contribution is -2.43. The number of rotatable bonds is 2. The molecule has 3 aromatic carbocycles. The standard InChI is InChI=1S/C25H20Cl2FN3O/c1-14-2-4-15(5-3-14)24-23-18(19-12-16(26)6-9-22(19)30-23)10-11-31(24)25(32)29-17-7-8-21(28)20(27)13-17/h2-9,12-13,24,30H,10-11H2,1H3,(H,29,32)/t24-/m0/s1. The van der Waals surface area contributed by atoms with Crippen molar-refractivity contribution in [1.29, 1.82) is 0 Å². The first-order chi connectivity index (χ1) is 15.4. The second-order valence-electron chi connectivity index (χ2n) is 8.02. The highest BCUT2D eigenvalue weighted by atomic mass is 35.5. The summed E-state index contributed by atoms with van der Waals surface area (Å²) in [4.78, 5) is 18.7. The summed E-state index contributed by atoms with van der Waals surface area (Å²) in [5, 5.41) is 4.59. The second-order valence-corrected chi connectivity index (χ2v) is 8.87. The highest BCUT2D eigenvalue weighted by Gasteiger charge is 2.34. The summed E-state index contributed by atoms with van der Waals surface area (Å²) in [6.45, 7) is 2.55. The molecule has 0 unspecified atom stereocenters. The molecule has 7 heteroatoms. The predicted octanol–water partition coefficient (Wildman–Crippen LogP) is 7.10. The lowest BCUT2D eigenvalue weighted by atomic mass is 9.92. The van der Waals surface area contributed by atoms with E-state index in [-0.39, 0.29) is 17.1 Å². The van der Waals surface area contributed by atoms with E-state index >= 15 is 0 Å². The van der Waals surface area contributed by atoms with E-state index in [2.05, 4.69) is 10.3 Å². The van der Waals surface area contributed by atoms with Gasteiger partial charge in [-0.1, -0.05) is 53.0 Å². The summed E-state index contributed by atoms with van der Waals surface area (Å²) in [6.07, 6.45) is 0.690. The third-order valence-electron chi connectivity index (χ3n) is 5.91. The number of nitrogens with one attached hydrogen (secondary N) is 2. The number of benzene rings is 3. The number of H-pyrrole nitrogens is 1. The first-order valence-electron chi connectivity index (χ1n) is 10.3. The topological polar surface area (TPSA) is 48.1 Å². The molecule has 0 aliphatic carbocycles. The maximum Gasteiger partial charge on any atom is 0.322 e. The monoisotopic (exact) mass is 467 g/mol. The predicted molar refractivity (Wildman–Crippen MR) is 127 cm³/mol. The van der Waals surface area contributed by atoms with Crippen LogP contribution in [0.4, 0.5) is 14.9 Å². The van der Waals surface area contributed by atoms with Crippen molar-refractivity contribution in [2.45, 2.75) is 19.4 Å². The zero-order valence-corrected chi connectivity index (χ0v) is 18.8.